The van der Waals surface area contributed by atoms with E-state index in [2.05, 4.69) is 0 Å². The van der Waals surface area contributed by atoms with Gasteiger partial charge in [-0.2, -0.15) is 0 Å². The van der Waals surface area contributed by atoms with Crippen LogP contribution in [-0.2, 0) is 9.59 Å². The van der Waals surface area contributed by atoms with Gasteiger partial charge in [0.05, 0.1) is 6.61 Å². The molecule has 8 N–H and O–H groups in total. The molecule has 1 saturated heterocycles. The van der Waals surface area contributed by atoms with E-state index in [-0.39, 0.29) is 36.4 Å². The second-order valence-corrected chi connectivity index (χ2v) is 7.02. The minimum Gasteiger partial charge on any atom is -0.480 e. The third-order valence-electron chi connectivity index (χ3n) is 5.47. The van der Waals surface area contributed by atoms with Gasteiger partial charge in [0.15, 0.2) is 0 Å². The first kappa shape index (κ1) is 19.1. The zero-order chi connectivity index (χ0) is 18.1. The number of nitrogens with zero attached hydrogens (tertiary/aromatic N) is 1. The molecule has 5 atom stereocenters. The van der Waals surface area contributed by atoms with Crippen molar-refractivity contribution in [2.75, 3.05) is 19.7 Å². The molecule has 24 heavy (non-hydrogen) atoms. The number of aliphatic carboxylic acids is 1. The number of nitrogens with two attached hydrogens (primary N) is 2. The van der Waals surface area contributed by atoms with Gasteiger partial charge in [0.1, 0.15) is 11.6 Å². The molecule has 2 fully saturated rings. The van der Waals surface area contributed by atoms with E-state index in [1.165, 1.54) is 0 Å². The standard InChI is InChI=1S/C14H26BN3O6/c16-11(7-19)12(20)18-5-8-4-14(17,13(21)22)10(9(8)6-18)2-1-3-15(23)24/h8-11,19,23-24H,1-7,16-17H2,(H,21,22)/t8-,9+,10-,11?,14-/m0/s1. The number of carboxylic acid groups (broad SMARTS) is 1. The van der Waals surface area contributed by atoms with Crippen molar-refractivity contribution >= 4 is 19.0 Å². The van der Waals surface area contributed by atoms with Crippen LogP contribution >= 0.6 is 0 Å². The van der Waals surface area contributed by atoms with Crippen molar-refractivity contribution in [1.82, 2.24) is 4.90 Å². The Labute approximate surface area is 140 Å². The Morgan fingerprint density at radius 3 is 2.54 bits per heavy atom. The van der Waals surface area contributed by atoms with Gasteiger partial charge in [-0.25, -0.2) is 0 Å². The molecular formula is C14H26BN3O6. The first-order valence-electron chi connectivity index (χ1n) is 8.24. The summed E-state index contributed by atoms with van der Waals surface area (Å²) in [6.45, 7) is 0.330. The monoisotopic (exact) mass is 343 g/mol. The second kappa shape index (κ2) is 7.36. The summed E-state index contributed by atoms with van der Waals surface area (Å²) in [5.41, 5.74) is 10.4. The minimum absolute atomic E-state index is 0.0232. The molecule has 1 heterocycles. The van der Waals surface area contributed by atoms with Crippen molar-refractivity contribution < 1.29 is 29.9 Å². The lowest BCUT2D eigenvalue weighted by molar-refractivity contribution is -0.145. The van der Waals surface area contributed by atoms with Gasteiger partial charge in [-0.1, -0.05) is 6.42 Å². The maximum atomic E-state index is 12.1. The van der Waals surface area contributed by atoms with Crippen molar-refractivity contribution in [2.45, 2.75) is 37.2 Å². The number of amides is 1. The number of hydrogen-bond acceptors (Lipinski definition) is 7. The van der Waals surface area contributed by atoms with Gasteiger partial charge in [0.2, 0.25) is 5.91 Å². The number of aliphatic hydroxyl groups is 1. The SMILES string of the molecule is NC(CO)C(=O)N1C[C@@H]2C[C@@](N)(C(=O)O)[C@@H](CCCB(O)O)[C@@H]2C1. The zero-order valence-electron chi connectivity index (χ0n) is 13.5. The summed E-state index contributed by atoms with van der Waals surface area (Å²) in [4.78, 5) is 25.4. The predicted molar refractivity (Wildman–Crippen MR) is 85.5 cm³/mol. The Kier molecular flexibility index (Phi) is 5.87. The molecular weight excluding hydrogens is 317 g/mol. The van der Waals surface area contributed by atoms with Crippen LogP contribution in [0.2, 0.25) is 6.32 Å². The van der Waals surface area contributed by atoms with E-state index in [4.69, 9.17) is 26.6 Å². The van der Waals surface area contributed by atoms with Gasteiger partial charge >= 0.3 is 13.1 Å². The molecule has 1 aliphatic carbocycles. The van der Waals surface area contributed by atoms with Crippen molar-refractivity contribution in [1.29, 1.82) is 0 Å². The Morgan fingerprint density at radius 2 is 2.00 bits per heavy atom. The summed E-state index contributed by atoms with van der Waals surface area (Å²) in [6.07, 6.45) is 1.33. The Balaban J connectivity index is 2.09. The zero-order valence-corrected chi connectivity index (χ0v) is 13.5. The van der Waals surface area contributed by atoms with Crippen LogP contribution in [0.5, 0.6) is 0 Å². The topological polar surface area (TPSA) is 170 Å². The molecule has 10 heteroatoms. The van der Waals surface area contributed by atoms with Crippen LogP contribution in [0, 0.1) is 17.8 Å². The van der Waals surface area contributed by atoms with Gasteiger partial charge in [-0.05, 0) is 36.9 Å². The molecule has 2 aliphatic rings. The fourth-order valence-electron chi connectivity index (χ4n) is 4.27. The third-order valence-corrected chi connectivity index (χ3v) is 5.47. The summed E-state index contributed by atoms with van der Waals surface area (Å²) in [7, 11) is -1.43. The lowest BCUT2D eigenvalue weighted by atomic mass is 9.76. The van der Waals surface area contributed by atoms with Crippen LogP contribution in [0.3, 0.4) is 0 Å². The highest BCUT2D eigenvalue weighted by atomic mass is 16.4. The maximum absolute atomic E-state index is 12.1. The van der Waals surface area contributed by atoms with E-state index in [9.17, 15) is 14.7 Å². The third kappa shape index (κ3) is 3.57. The average molecular weight is 343 g/mol. The fourth-order valence-corrected chi connectivity index (χ4v) is 4.27. The normalized spacial score (nSPS) is 33.4. The number of carbonyl (C=O) groups excluding carboxylic acids is 1. The number of likely N-dealkylation sites (tertiary alicyclic amines) is 1. The molecule has 2 rings (SSSR count). The minimum atomic E-state index is -1.43. The highest BCUT2D eigenvalue weighted by Crippen LogP contribution is 2.49. The van der Waals surface area contributed by atoms with Gasteiger partial charge in [-0.3, -0.25) is 9.59 Å². The lowest BCUT2D eigenvalue weighted by Crippen LogP contribution is -2.54. The van der Waals surface area contributed by atoms with Crippen LogP contribution < -0.4 is 11.5 Å². The number of fused-ring (bicyclic) bond motifs is 1. The number of rotatable bonds is 7. The van der Waals surface area contributed by atoms with Gasteiger partial charge in [0.25, 0.3) is 0 Å². The van der Waals surface area contributed by atoms with E-state index >= 15 is 0 Å². The van der Waals surface area contributed by atoms with Crippen molar-refractivity contribution in [3.8, 4) is 0 Å². The molecule has 1 aliphatic heterocycles. The second-order valence-electron chi connectivity index (χ2n) is 7.02. The van der Waals surface area contributed by atoms with Crippen LogP contribution in [0.15, 0.2) is 0 Å². The largest absolute Gasteiger partial charge is 0.480 e. The Bertz CT molecular complexity index is 493. The number of carbonyl (C=O) groups is 2. The van der Waals surface area contributed by atoms with Crippen molar-refractivity contribution in [3.63, 3.8) is 0 Å². The van der Waals surface area contributed by atoms with E-state index in [1.807, 2.05) is 0 Å². The molecule has 0 spiro atoms. The molecule has 9 nitrogen and oxygen atoms in total. The van der Waals surface area contributed by atoms with Crippen molar-refractivity contribution in [2.24, 2.45) is 29.2 Å². The van der Waals surface area contributed by atoms with E-state index in [0.717, 1.165) is 0 Å². The first-order chi connectivity index (χ1) is 11.2. The number of aliphatic hydroxyl groups excluding tert-OH is 1. The van der Waals surface area contributed by atoms with E-state index in [0.29, 0.717) is 25.9 Å². The van der Waals surface area contributed by atoms with Crippen LogP contribution in [0.4, 0.5) is 0 Å². The smallest absolute Gasteiger partial charge is 0.451 e. The Morgan fingerprint density at radius 1 is 1.33 bits per heavy atom. The molecule has 0 radical (unpaired) electrons. The summed E-state index contributed by atoms with van der Waals surface area (Å²) < 4.78 is 0. The van der Waals surface area contributed by atoms with Gasteiger partial charge in [-0.15, -0.1) is 0 Å². The average Bonchev–Trinajstić information content (AvgIpc) is 3.02. The van der Waals surface area contributed by atoms with E-state index < -0.39 is 31.3 Å². The van der Waals surface area contributed by atoms with Gasteiger partial charge in [0, 0.05) is 13.1 Å². The maximum Gasteiger partial charge on any atom is 0.451 e. The van der Waals surface area contributed by atoms with Crippen LogP contribution in [-0.4, -0.2) is 75.4 Å². The molecule has 1 saturated carbocycles. The number of hydrogen-bond donors (Lipinski definition) is 6. The van der Waals surface area contributed by atoms with Gasteiger partial charge < -0.3 is 36.6 Å². The molecule has 1 amide bonds. The summed E-state index contributed by atoms with van der Waals surface area (Å²) >= 11 is 0. The quantitative estimate of drug-likeness (QED) is 0.274. The molecule has 0 aromatic heterocycles. The van der Waals surface area contributed by atoms with Crippen molar-refractivity contribution in [3.05, 3.63) is 0 Å². The molecule has 0 aromatic rings. The van der Waals surface area contributed by atoms with Crippen LogP contribution in [0.25, 0.3) is 0 Å². The molecule has 136 valence electrons. The highest BCUT2D eigenvalue weighted by Gasteiger charge is 2.58. The number of carboxylic acids is 1. The molecule has 0 aromatic carbocycles. The fraction of sp³-hybridized carbons (Fsp3) is 0.857. The predicted octanol–water partition coefficient (Wildman–Crippen LogP) is -2.56. The molecule has 1 unspecified atom stereocenters. The highest BCUT2D eigenvalue weighted by molar-refractivity contribution is 6.40. The summed E-state index contributed by atoms with van der Waals surface area (Å²) in [5.74, 6) is -1.82. The van der Waals surface area contributed by atoms with Crippen LogP contribution in [0.1, 0.15) is 19.3 Å². The summed E-state index contributed by atoms with van der Waals surface area (Å²) in [5, 5.41) is 36.5. The Hall–Kier alpha value is -1.20. The first-order valence-corrected chi connectivity index (χ1v) is 8.24. The van der Waals surface area contributed by atoms with E-state index in [1.54, 1.807) is 4.90 Å². The molecule has 0 bridgehead atoms. The summed E-state index contributed by atoms with van der Waals surface area (Å²) in [6, 6.07) is -0.964. The lowest BCUT2D eigenvalue weighted by Gasteiger charge is -2.31.